The van der Waals surface area contributed by atoms with Crippen molar-refractivity contribution in [1.82, 2.24) is 19.8 Å². The molecule has 0 saturated carbocycles. The highest BCUT2D eigenvalue weighted by Gasteiger charge is 2.46. The first-order valence-electron chi connectivity index (χ1n) is 16.5. The molecule has 4 aliphatic heterocycles. The van der Waals surface area contributed by atoms with E-state index in [2.05, 4.69) is 28.5 Å². The molecule has 2 aromatic carbocycles. The lowest BCUT2D eigenvalue weighted by molar-refractivity contribution is -0.131. The number of carbonyl (C=O) groups is 1. The van der Waals surface area contributed by atoms with E-state index in [0.29, 0.717) is 43.0 Å². The van der Waals surface area contributed by atoms with Crippen LogP contribution in [0.3, 0.4) is 0 Å². The molecule has 3 fully saturated rings. The second-order valence-corrected chi connectivity index (χ2v) is 14.1. The lowest BCUT2D eigenvalue weighted by Crippen LogP contribution is -2.56. The average molecular weight is 659 g/mol. The molecule has 0 aliphatic carbocycles. The molecule has 1 amide bonds. The largest absolute Gasteiger partial charge is 0.461 e. The lowest BCUT2D eigenvalue weighted by Gasteiger charge is -2.44. The van der Waals surface area contributed by atoms with Gasteiger partial charge in [-0.2, -0.15) is 15.2 Å². The highest BCUT2D eigenvalue weighted by molar-refractivity contribution is 6.35. The first-order valence-corrected chi connectivity index (χ1v) is 16.9. The Morgan fingerprint density at radius 2 is 1.89 bits per heavy atom. The van der Waals surface area contributed by atoms with E-state index in [1.807, 2.05) is 44.2 Å². The minimum atomic E-state index is -1.03. The van der Waals surface area contributed by atoms with Crippen LogP contribution in [0, 0.1) is 11.3 Å². The van der Waals surface area contributed by atoms with Crippen LogP contribution in [-0.4, -0.2) is 76.6 Å². The molecule has 11 heteroatoms. The van der Waals surface area contributed by atoms with Gasteiger partial charge in [0.15, 0.2) is 5.83 Å². The van der Waals surface area contributed by atoms with Crippen molar-refractivity contribution in [1.29, 1.82) is 5.26 Å². The third-order valence-corrected chi connectivity index (χ3v) is 10.8. The highest BCUT2D eigenvalue weighted by Crippen LogP contribution is 2.47. The summed E-state index contributed by atoms with van der Waals surface area (Å²) in [6.45, 7) is 10.9. The maximum absolute atomic E-state index is 13.9. The third kappa shape index (κ3) is 5.73. The van der Waals surface area contributed by atoms with Crippen molar-refractivity contribution >= 4 is 34.1 Å². The maximum Gasteiger partial charge on any atom is 0.318 e. The van der Waals surface area contributed by atoms with Crippen molar-refractivity contribution in [2.75, 3.05) is 44.2 Å². The van der Waals surface area contributed by atoms with Gasteiger partial charge in [0.2, 0.25) is 0 Å². The summed E-state index contributed by atoms with van der Waals surface area (Å²) in [7, 11) is 0. The minimum Gasteiger partial charge on any atom is -0.461 e. The second kappa shape index (κ2) is 12.3. The Kier molecular flexibility index (Phi) is 8.35. The van der Waals surface area contributed by atoms with E-state index in [0.717, 1.165) is 66.4 Å². The predicted molar refractivity (Wildman–Crippen MR) is 178 cm³/mol. The zero-order valence-electron chi connectivity index (χ0n) is 27.0. The summed E-state index contributed by atoms with van der Waals surface area (Å²) >= 11 is 6.75. The van der Waals surface area contributed by atoms with Crippen molar-refractivity contribution in [2.24, 2.45) is 0 Å². The van der Waals surface area contributed by atoms with Gasteiger partial charge in [0.25, 0.3) is 5.91 Å². The van der Waals surface area contributed by atoms with Crippen LogP contribution >= 0.6 is 11.6 Å². The number of ether oxygens (including phenoxy) is 2. The lowest BCUT2D eigenvalue weighted by atomic mass is 9.86. The van der Waals surface area contributed by atoms with Gasteiger partial charge in [-0.05, 0) is 69.6 Å². The third-order valence-electron chi connectivity index (χ3n) is 10.5. The van der Waals surface area contributed by atoms with Crippen LogP contribution in [0.25, 0.3) is 10.8 Å². The van der Waals surface area contributed by atoms with Crippen molar-refractivity contribution < 1.29 is 18.7 Å². The number of carbonyl (C=O) groups excluding carboxylic acids is 1. The Balaban J connectivity index is 1.29. The fourth-order valence-corrected chi connectivity index (χ4v) is 8.63. The molecule has 2 atom stereocenters. The molecule has 0 radical (unpaired) electrons. The summed E-state index contributed by atoms with van der Waals surface area (Å²) < 4.78 is 27.4. The average Bonchev–Trinajstić information content (AvgIpc) is 3.63. The molecule has 3 aromatic rings. The van der Waals surface area contributed by atoms with Crippen LogP contribution in [0.2, 0.25) is 5.02 Å². The van der Waals surface area contributed by atoms with Crippen molar-refractivity contribution in [3.8, 4) is 12.1 Å². The number of nitriles is 1. The Bertz CT molecular complexity index is 1760. The molecular formula is C36H40ClFN6O3. The van der Waals surface area contributed by atoms with Gasteiger partial charge in [-0.25, -0.2) is 4.39 Å². The van der Waals surface area contributed by atoms with Gasteiger partial charge in [0.1, 0.15) is 12.4 Å². The summed E-state index contributed by atoms with van der Waals surface area (Å²) in [5, 5.41) is 12.3. The van der Waals surface area contributed by atoms with Crippen LogP contribution in [0.5, 0.6) is 6.01 Å². The summed E-state index contributed by atoms with van der Waals surface area (Å²) in [5.41, 5.74) is 1.87. The van der Waals surface area contributed by atoms with Crippen LogP contribution in [0.15, 0.2) is 48.8 Å². The molecular weight excluding hydrogens is 619 g/mol. The number of anilines is 1. The maximum atomic E-state index is 13.9. The minimum absolute atomic E-state index is 0.0166. The van der Waals surface area contributed by atoms with Crippen molar-refractivity contribution in [2.45, 2.75) is 75.7 Å². The van der Waals surface area contributed by atoms with E-state index in [1.54, 1.807) is 0 Å². The van der Waals surface area contributed by atoms with Crippen molar-refractivity contribution in [3.05, 3.63) is 70.6 Å². The fourth-order valence-electron chi connectivity index (χ4n) is 8.34. The monoisotopic (exact) mass is 658 g/mol. The first kappa shape index (κ1) is 31.8. The van der Waals surface area contributed by atoms with Gasteiger partial charge in [-0.15, -0.1) is 0 Å². The molecule has 4 aliphatic rings. The summed E-state index contributed by atoms with van der Waals surface area (Å²) in [5.74, 6) is -1.15. The molecule has 0 bridgehead atoms. The molecule has 3 saturated heterocycles. The molecule has 47 heavy (non-hydrogen) atoms. The molecule has 1 aromatic heterocycles. The number of hydrogen-bond donors (Lipinski definition) is 0. The summed E-state index contributed by atoms with van der Waals surface area (Å²) in [4.78, 5) is 28.8. The van der Waals surface area contributed by atoms with E-state index in [1.165, 1.54) is 4.90 Å². The van der Waals surface area contributed by atoms with Gasteiger partial charge >= 0.3 is 6.01 Å². The van der Waals surface area contributed by atoms with Crippen LogP contribution in [0.4, 0.5) is 10.2 Å². The number of amides is 1. The zero-order chi connectivity index (χ0) is 32.9. The Hall–Kier alpha value is -3.78. The molecule has 0 N–H and O–H groups in total. The Morgan fingerprint density at radius 1 is 1.15 bits per heavy atom. The van der Waals surface area contributed by atoms with Crippen LogP contribution in [-0.2, 0) is 21.6 Å². The van der Waals surface area contributed by atoms with E-state index in [-0.39, 0.29) is 24.6 Å². The number of benzene rings is 2. The molecule has 9 nitrogen and oxygen atoms in total. The normalized spacial score (nSPS) is 23.3. The van der Waals surface area contributed by atoms with E-state index in [4.69, 9.17) is 31.0 Å². The first-order chi connectivity index (χ1) is 22.6. The summed E-state index contributed by atoms with van der Waals surface area (Å²) in [6.07, 6.45) is 4.72. The van der Waals surface area contributed by atoms with Crippen molar-refractivity contribution in [3.63, 3.8) is 0 Å². The van der Waals surface area contributed by atoms with E-state index in [9.17, 15) is 14.4 Å². The van der Waals surface area contributed by atoms with Gasteiger partial charge in [0, 0.05) is 42.0 Å². The van der Waals surface area contributed by atoms with Crippen LogP contribution in [0.1, 0.15) is 68.9 Å². The van der Waals surface area contributed by atoms with Gasteiger partial charge in [-0.3, -0.25) is 9.69 Å². The predicted octanol–water partition coefficient (Wildman–Crippen LogP) is 6.25. The standard InChI is InChI=1S/C36H40ClFN6O3/c1-23(38)33(45)44-19-18-42(21-25(44)12-15-39)32-31-28(40-34(41-32)46-22-36-13-6-16-43(36)17-7-14-36)20-29(47-35(31,2)3)26-10-4-8-24-9-5-11-27(37)30(24)26/h4-5,8-11,25,29H,1,6-7,12-14,16-22H2,2-3H3/t25-,29?/m0/s1. The number of piperazine rings is 1. The smallest absolute Gasteiger partial charge is 0.318 e. The second-order valence-electron chi connectivity index (χ2n) is 13.7. The number of halogens is 2. The molecule has 246 valence electrons. The van der Waals surface area contributed by atoms with Gasteiger partial charge in [0.05, 0.1) is 41.5 Å². The topological polar surface area (TPSA) is 94.8 Å². The van der Waals surface area contributed by atoms with E-state index < -0.39 is 23.4 Å². The Labute approximate surface area is 279 Å². The van der Waals surface area contributed by atoms with Gasteiger partial charge < -0.3 is 19.3 Å². The molecule has 7 rings (SSSR count). The summed E-state index contributed by atoms with van der Waals surface area (Å²) in [6, 6.07) is 14.0. The zero-order valence-corrected chi connectivity index (χ0v) is 27.7. The highest BCUT2D eigenvalue weighted by atomic mass is 35.5. The fraction of sp³-hybridized carbons (Fsp3) is 0.500. The molecule has 5 heterocycles. The number of fused-ring (bicyclic) bond motifs is 3. The number of aromatic nitrogens is 2. The van der Waals surface area contributed by atoms with Crippen LogP contribution < -0.4 is 9.64 Å². The number of nitrogens with zero attached hydrogens (tertiary/aromatic N) is 6. The molecule has 1 unspecified atom stereocenters. The van der Waals surface area contributed by atoms with E-state index >= 15 is 0 Å². The Morgan fingerprint density at radius 3 is 2.62 bits per heavy atom. The SMILES string of the molecule is C=C(F)C(=O)N1CCN(c2nc(OCC34CCCN3CCC4)nc3c2C(C)(C)OC(c2cccc4cccc(Cl)c24)C3)C[C@@H]1CC#N. The number of rotatable bonds is 7. The quantitative estimate of drug-likeness (QED) is 0.275. The number of hydrogen-bond acceptors (Lipinski definition) is 8. The van der Waals surface area contributed by atoms with Gasteiger partial charge in [-0.1, -0.05) is 48.5 Å². The molecule has 0 spiro atoms.